The summed E-state index contributed by atoms with van der Waals surface area (Å²) in [5.74, 6) is 1.04. The van der Waals surface area contributed by atoms with Crippen molar-refractivity contribution in [2.24, 2.45) is 0 Å². The Balaban J connectivity index is 1.94. The van der Waals surface area contributed by atoms with Crippen LogP contribution < -0.4 is 0 Å². The van der Waals surface area contributed by atoms with Crippen molar-refractivity contribution in [3.8, 4) is 5.69 Å². The molecule has 0 radical (unpaired) electrons. The number of aromatic nitrogens is 2. The summed E-state index contributed by atoms with van der Waals surface area (Å²) < 4.78 is 11.1. The Morgan fingerprint density at radius 2 is 1.65 bits per heavy atom. The molecular formula is C23H20N2S. The molecule has 1 heterocycles. The fraction of sp³-hybridized carbons (Fsp3) is 0.130. The summed E-state index contributed by atoms with van der Waals surface area (Å²) >= 11 is 5.85. The molecule has 3 heteroatoms. The molecule has 0 bridgehead atoms. The Labute approximate surface area is 160 Å². The first-order valence-corrected chi connectivity index (χ1v) is 9.17. The van der Waals surface area contributed by atoms with Gasteiger partial charge in [0.1, 0.15) is 10.5 Å². The lowest BCUT2D eigenvalue weighted by Crippen LogP contribution is -2.13. The van der Waals surface area contributed by atoms with E-state index in [0.717, 1.165) is 28.8 Å². The van der Waals surface area contributed by atoms with Crippen LogP contribution in [-0.2, 0) is 6.42 Å². The second-order valence-electron chi connectivity index (χ2n) is 6.47. The molecule has 0 fully saturated rings. The first-order valence-electron chi connectivity index (χ1n) is 9.27. The molecule has 128 valence electrons. The molecule has 2 nitrogen and oxygen atoms in total. The highest BCUT2D eigenvalue weighted by Gasteiger charge is 2.16. The first-order chi connectivity index (χ1) is 13.1. The molecule has 3 aromatic carbocycles. The van der Waals surface area contributed by atoms with Crippen molar-refractivity contribution in [2.45, 2.75) is 19.3 Å². The van der Waals surface area contributed by atoms with E-state index in [1.54, 1.807) is 6.07 Å². The van der Waals surface area contributed by atoms with Crippen molar-refractivity contribution >= 4 is 23.1 Å². The van der Waals surface area contributed by atoms with E-state index < -0.39 is 0 Å². The number of para-hydroxylation sites is 2. The summed E-state index contributed by atoms with van der Waals surface area (Å²) in [6, 6.07) is 26.4. The van der Waals surface area contributed by atoms with Gasteiger partial charge in [0.05, 0.1) is 6.89 Å². The van der Waals surface area contributed by atoms with Gasteiger partial charge in [0.15, 0.2) is 0 Å². The lowest BCUT2D eigenvalue weighted by Gasteiger charge is -2.20. The zero-order valence-corrected chi connectivity index (χ0v) is 15.4. The highest BCUT2D eigenvalue weighted by atomic mass is 32.1. The minimum absolute atomic E-state index is 0.151. The third kappa shape index (κ3) is 3.18. The van der Waals surface area contributed by atoms with Crippen LogP contribution in [0.5, 0.6) is 0 Å². The van der Waals surface area contributed by atoms with Crippen LogP contribution in [-0.4, -0.2) is 9.55 Å². The Morgan fingerprint density at radius 1 is 0.962 bits per heavy atom. The van der Waals surface area contributed by atoms with Gasteiger partial charge in [0.2, 0.25) is 0 Å². The summed E-state index contributed by atoms with van der Waals surface area (Å²) in [7, 11) is 0. The van der Waals surface area contributed by atoms with Gasteiger partial charge < -0.3 is 0 Å². The van der Waals surface area contributed by atoms with Gasteiger partial charge in [0, 0.05) is 17.0 Å². The average Bonchev–Trinajstić information content (AvgIpc) is 2.69. The van der Waals surface area contributed by atoms with E-state index in [1.165, 1.54) is 5.56 Å². The van der Waals surface area contributed by atoms with Crippen LogP contribution >= 0.6 is 12.2 Å². The van der Waals surface area contributed by atoms with E-state index in [-0.39, 0.29) is 5.92 Å². The Hall–Kier alpha value is -2.78. The molecular weight excluding hydrogens is 336 g/mol. The zero-order valence-electron chi connectivity index (χ0n) is 15.6. The molecule has 0 aliphatic rings. The quantitative estimate of drug-likeness (QED) is 0.411. The monoisotopic (exact) mass is 357 g/mol. The van der Waals surface area contributed by atoms with Crippen molar-refractivity contribution in [3.63, 3.8) is 0 Å². The maximum absolute atomic E-state index is 8.38. The van der Waals surface area contributed by atoms with Crippen LogP contribution in [0.4, 0.5) is 0 Å². The van der Waals surface area contributed by atoms with Crippen LogP contribution in [0.2, 0.25) is 0 Å². The maximum atomic E-state index is 8.38. The van der Waals surface area contributed by atoms with Gasteiger partial charge in [0.25, 0.3) is 0 Å². The van der Waals surface area contributed by atoms with Crippen LogP contribution in [0, 0.1) is 4.64 Å². The molecule has 0 saturated carbocycles. The molecule has 4 rings (SSSR count). The SMILES string of the molecule is [2H]c1ccccc1-n1c(C(C)Cc2ccccc2)nc2ccccc2c1=S. The number of rotatable bonds is 4. The smallest absolute Gasteiger partial charge is 0.121 e. The lowest BCUT2D eigenvalue weighted by molar-refractivity contribution is 0.669. The Morgan fingerprint density at radius 3 is 2.46 bits per heavy atom. The summed E-state index contributed by atoms with van der Waals surface area (Å²) in [6.45, 7) is 2.17. The molecule has 0 amide bonds. The van der Waals surface area contributed by atoms with Crippen LogP contribution in [0.15, 0.2) is 84.9 Å². The highest BCUT2D eigenvalue weighted by Crippen LogP contribution is 2.26. The molecule has 0 saturated heterocycles. The molecule has 1 aromatic heterocycles. The lowest BCUT2D eigenvalue weighted by atomic mass is 9.99. The number of hydrogen-bond donors (Lipinski definition) is 0. The van der Waals surface area contributed by atoms with Gasteiger partial charge in [-0.05, 0) is 36.2 Å². The zero-order chi connectivity index (χ0) is 18.8. The van der Waals surface area contributed by atoms with Crippen molar-refractivity contribution in [2.75, 3.05) is 0 Å². The normalized spacial score (nSPS) is 12.7. The standard InChI is InChI=1S/C23H20N2S/c1-17(16-18-10-4-2-5-11-18)22-24-21-15-9-8-14-20(21)23(26)25(22)19-12-6-3-7-13-19/h2-15,17H,16H2,1H3/i12D. The predicted molar refractivity (Wildman–Crippen MR) is 110 cm³/mol. The minimum atomic E-state index is 0.151. The first kappa shape index (κ1) is 15.5. The molecule has 0 N–H and O–H groups in total. The van der Waals surface area contributed by atoms with Gasteiger partial charge in [-0.25, -0.2) is 4.98 Å². The Bertz CT molecular complexity index is 1150. The summed E-state index contributed by atoms with van der Waals surface area (Å²) in [5, 5.41) is 0.936. The predicted octanol–water partition coefficient (Wildman–Crippen LogP) is 6.10. The number of fused-ring (bicyclic) bond motifs is 1. The van der Waals surface area contributed by atoms with Crippen LogP contribution in [0.25, 0.3) is 16.6 Å². The molecule has 0 aliphatic carbocycles. The number of nitrogens with zero attached hydrogens (tertiary/aromatic N) is 2. The number of benzene rings is 3. The van der Waals surface area contributed by atoms with Crippen molar-refractivity contribution in [1.82, 2.24) is 9.55 Å². The van der Waals surface area contributed by atoms with Gasteiger partial charge >= 0.3 is 0 Å². The second kappa shape index (κ2) is 7.22. The van der Waals surface area contributed by atoms with E-state index in [4.69, 9.17) is 18.6 Å². The van der Waals surface area contributed by atoms with Gasteiger partial charge in [-0.2, -0.15) is 0 Å². The van der Waals surface area contributed by atoms with Crippen LogP contribution in [0.1, 0.15) is 25.6 Å². The van der Waals surface area contributed by atoms with Crippen LogP contribution in [0.3, 0.4) is 0 Å². The molecule has 1 atom stereocenters. The summed E-state index contributed by atoms with van der Waals surface area (Å²) in [5.41, 5.74) is 2.93. The topological polar surface area (TPSA) is 17.8 Å². The summed E-state index contributed by atoms with van der Waals surface area (Å²) in [4.78, 5) is 4.96. The second-order valence-corrected chi connectivity index (χ2v) is 6.85. The number of hydrogen-bond acceptors (Lipinski definition) is 2. The highest BCUT2D eigenvalue weighted by molar-refractivity contribution is 7.71. The molecule has 4 aromatic rings. The van der Waals surface area contributed by atoms with E-state index in [2.05, 4.69) is 31.2 Å². The third-order valence-corrected chi connectivity index (χ3v) is 4.96. The van der Waals surface area contributed by atoms with Gasteiger partial charge in [-0.1, -0.05) is 79.8 Å². The molecule has 26 heavy (non-hydrogen) atoms. The van der Waals surface area contributed by atoms with Gasteiger partial charge in [-0.3, -0.25) is 4.57 Å². The fourth-order valence-electron chi connectivity index (χ4n) is 3.30. The molecule has 0 aliphatic heterocycles. The van der Waals surface area contributed by atoms with Crippen molar-refractivity contribution in [1.29, 1.82) is 0 Å². The minimum Gasteiger partial charge on any atom is -0.288 e. The molecule has 0 spiro atoms. The van der Waals surface area contributed by atoms with Crippen molar-refractivity contribution < 1.29 is 1.37 Å². The van der Waals surface area contributed by atoms with E-state index in [1.807, 2.05) is 53.1 Å². The van der Waals surface area contributed by atoms with E-state index in [9.17, 15) is 0 Å². The Kier molecular flexibility index (Phi) is 4.30. The molecule has 1 unspecified atom stereocenters. The third-order valence-electron chi connectivity index (χ3n) is 4.56. The van der Waals surface area contributed by atoms with E-state index in [0.29, 0.717) is 10.7 Å². The maximum Gasteiger partial charge on any atom is 0.121 e. The van der Waals surface area contributed by atoms with Crippen molar-refractivity contribution in [3.05, 3.63) is 101 Å². The summed E-state index contributed by atoms with van der Waals surface area (Å²) in [6.07, 6.45) is 0.862. The van der Waals surface area contributed by atoms with E-state index >= 15 is 0 Å². The largest absolute Gasteiger partial charge is 0.288 e. The average molecular weight is 358 g/mol. The fourth-order valence-corrected chi connectivity index (χ4v) is 3.66. The van der Waals surface area contributed by atoms with Gasteiger partial charge in [-0.15, -0.1) is 0 Å².